The van der Waals surface area contributed by atoms with Gasteiger partial charge < -0.3 is 5.73 Å². The molecule has 4 heteroatoms. The van der Waals surface area contributed by atoms with Crippen LogP contribution in [0.25, 0.3) is 0 Å². The van der Waals surface area contributed by atoms with E-state index in [9.17, 15) is 0 Å². The standard InChI is InChI=1S/C11H20N4/c1-4-15(6-5-12)8-11-7-9(2)13-14-10(11)3/h7H,4-6,8,12H2,1-3H3. The molecule has 2 N–H and O–H groups in total. The molecule has 0 spiro atoms. The second-order valence-corrected chi connectivity index (χ2v) is 3.75. The van der Waals surface area contributed by atoms with Crippen LogP contribution in [0.4, 0.5) is 0 Å². The maximum Gasteiger partial charge on any atom is 0.0645 e. The Bertz CT molecular complexity index is 311. The molecular weight excluding hydrogens is 188 g/mol. The van der Waals surface area contributed by atoms with Gasteiger partial charge in [-0.15, -0.1) is 0 Å². The van der Waals surface area contributed by atoms with Gasteiger partial charge >= 0.3 is 0 Å². The van der Waals surface area contributed by atoms with Gasteiger partial charge in [0.25, 0.3) is 0 Å². The van der Waals surface area contributed by atoms with Crippen molar-refractivity contribution >= 4 is 0 Å². The van der Waals surface area contributed by atoms with E-state index in [-0.39, 0.29) is 0 Å². The Hall–Kier alpha value is -1.00. The second-order valence-electron chi connectivity index (χ2n) is 3.75. The molecule has 84 valence electrons. The summed E-state index contributed by atoms with van der Waals surface area (Å²) in [6, 6.07) is 2.10. The van der Waals surface area contributed by atoms with E-state index in [2.05, 4.69) is 28.1 Å². The molecule has 4 nitrogen and oxygen atoms in total. The smallest absolute Gasteiger partial charge is 0.0645 e. The third-order valence-corrected chi connectivity index (χ3v) is 2.49. The zero-order valence-corrected chi connectivity index (χ0v) is 9.82. The van der Waals surface area contributed by atoms with Crippen molar-refractivity contribution in [2.24, 2.45) is 5.73 Å². The lowest BCUT2D eigenvalue weighted by molar-refractivity contribution is 0.287. The summed E-state index contributed by atoms with van der Waals surface area (Å²) in [5.74, 6) is 0. The fraction of sp³-hybridized carbons (Fsp3) is 0.636. The third-order valence-electron chi connectivity index (χ3n) is 2.49. The molecule has 0 unspecified atom stereocenters. The van der Waals surface area contributed by atoms with Gasteiger partial charge in [-0.05, 0) is 32.0 Å². The molecule has 1 heterocycles. The molecule has 1 aromatic heterocycles. The van der Waals surface area contributed by atoms with Crippen molar-refractivity contribution in [3.05, 3.63) is 23.0 Å². The molecule has 0 amide bonds. The zero-order chi connectivity index (χ0) is 11.3. The van der Waals surface area contributed by atoms with Crippen molar-refractivity contribution in [3.63, 3.8) is 0 Å². The van der Waals surface area contributed by atoms with Crippen LogP contribution in [0, 0.1) is 13.8 Å². The highest BCUT2D eigenvalue weighted by atomic mass is 15.1. The van der Waals surface area contributed by atoms with Crippen molar-refractivity contribution in [2.75, 3.05) is 19.6 Å². The molecule has 0 bridgehead atoms. The van der Waals surface area contributed by atoms with Gasteiger partial charge in [0.15, 0.2) is 0 Å². The molecule has 0 saturated heterocycles. The largest absolute Gasteiger partial charge is 0.329 e. The summed E-state index contributed by atoms with van der Waals surface area (Å²) >= 11 is 0. The number of rotatable bonds is 5. The molecule has 0 aromatic carbocycles. The van der Waals surface area contributed by atoms with Crippen molar-refractivity contribution in [3.8, 4) is 0 Å². The SMILES string of the molecule is CCN(CCN)Cc1cc(C)nnc1C. The van der Waals surface area contributed by atoms with E-state index in [4.69, 9.17) is 5.73 Å². The van der Waals surface area contributed by atoms with Gasteiger partial charge in [-0.3, -0.25) is 4.90 Å². The van der Waals surface area contributed by atoms with Gasteiger partial charge in [-0.2, -0.15) is 10.2 Å². The van der Waals surface area contributed by atoms with Crippen LogP contribution in [-0.4, -0.2) is 34.7 Å². The molecule has 0 radical (unpaired) electrons. The van der Waals surface area contributed by atoms with E-state index < -0.39 is 0 Å². The Morgan fingerprint density at radius 3 is 2.67 bits per heavy atom. The van der Waals surface area contributed by atoms with Crippen molar-refractivity contribution in [1.82, 2.24) is 15.1 Å². The topological polar surface area (TPSA) is 55.0 Å². The minimum absolute atomic E-state index is 0.699. The van der Waals surface area contributed by atoms with E-state index in [1.807, 2.05) is 13.8 Å². The average Bonchev–Trinajstić information content (AvgIpc) is 2.22. The molecule has 0 atom stereocenters. The van der Waals surface area contributed by atoms with Crippen LogP contribution in [-0.2, 0) is 6.54 Å². The van der Waals surface area contributed by atoms with Crippen molar-refractivity contribution < 1.29 is 0 Å². The Morgan fingerprint density at radius 1 is 1.33 bits per heavy atom. The van der Waals surface area contributed by atoms with Gasteiger partial charge in [0.2, 0.25) is 0 Å². The minimum Gasteiger partial charge on any atom is -0.329 e. The number of aromatic nitrogens is 2. The maximum absolute atomic E-state index is 5.56. The number of nitrogens with two attached hydrogens (primary N) is 1. The summed E-state index contributed by atoms with van der Waals surface area (Å²) in [4.78, 5) is 2.31. The Balaban J connectivity index is 2.73. The Labute approximate surface area is 91.5 Å². The van der Waals surface area contributed by atoms with Gasteiger partial charge in [-0.1, -0.05) is 6.92 Å². The first-order valence-corrected chi connectivity index (χ1v) is 5.39. The molecule has 0 saturated carbocycles. The fourth-order valence-corrected chi connectivity index (χ4v) is 1.54. The number of aryl methyl sites for hydroxylation is 2. The number of hydrogen-bond donors (Lipinski definition) is 1. The highest BCUT2D eigenvalue weighted by Crippen LogP contribution is 2.08. The van der Waals surface area contributed by atoms with E-state index in [1.165, 1.54) is 5.56 Å². The Kier molecular flexibility index (Phi) is 4.65. The van der Waals surface area contributed by atoms with Crippen LogP contribution in [0.3, 0.4) is 0 Å². The first-order chi connectivity index (χ1) is 7.17. The van der Waals surface area contributed by atoms with Crippen LogP contribution in [0.5, 0.6) is 0 Å². The van der Waals surface area contributed by atoms with Crippen LogP contribution in [0.15, 0.2) is 6.07 Å². The predicted molar refractivity (Wildman–Crippen MR) is 61.5 cm³/mol. The predicted octanol–water partition coefficient (Wildman–Crippen LogP) is 0.874. The van der Waals surface area contributed by atoms with E-state index in [1.54, 1.807) is 0 Å². The number of likely N-dealkylation sites (N-methyl/N-ethyl adjacent to an activating group) is 1. The molecule has 0 aliphatic rings. The zero-order valence-electron chi connectivity index (χ0n) is 9.82. The summed E-state index contributed by atoms with van der Waals surface area (Å²) in [7, 11) is 0. The molecule has 0 aliphatic carbocycles. The summed E-state index contributed by atoms with van der Waals surface area (Å²) in [5.41, 5.74) is 8.79. The average molecular weight is 208 g/mol. The highest BCUT2D eigenvalue weighted by Gasteiger charge is 2.06. The molecular formula is C11H20N4. The monoisotopic (exact) mass is 208 g/mol. The Morgan fingerprint density at radius 2 is 2.07 bits per heavy atom. The van der Waals surface area contributed by atoms with Crippen molar-refractivity contribution in [1.29, 1.82) is 0 Å². The van der Waals surface area contributed by atoms with Crippen LogP contribution >= 0.6 is 0 Å². The van der Waals surface area contributed by atoms with Gasteiger partial charge in [0, 0.05) is 19.6 Å². The third kappa shape index (κ3) is 3.57. The summed E-state index contributed by atoms with van der Waals surface area (Å²) in [6.07, 6.45) is 0. The summed E-state index contributed by atoms with van der Waals surface area (Å²) in [6.45, 7) is 9.66. The van der Waals surface area contributed by atoms with Crippen molar-refractivity contribution in [2.45, 2.75) is 27.3 Å². The molecule has 0 fully saturated rings. The molecule has 1 rings (SSSR count). The van der Waals surface area contributed by atoms with Gasteiger partial charge in [0.05, 0.1) is 11.4 Å². The normalized spacial score (nSPS) is 11.0. The lowest BCUT2D eigenvalue weighted by Gasteiger charge is -2.20. The van der Waals surface area contributed by atoms with E-state index in [0.29, 0.717) is 6.54 Å². The van der Waals surface area contributed by atoms with E-state index in [0.717, 1.165) is 31.0 Å². The fourth-order valence-electron chi connectivity index (χ4n) is 1.54. The van der Waals surface area contributed by atoms with Gasteiger partial charge in [-0.25, -0.2) is 0 Å². The lowest BCUT2D eigenvalue weighted by atomic mass is 10.2. The molecule has 0 aliphatic heterocycles. The molecule has 1 aromatic rings. The first-order valence-electron chi connectivity index (χ1n) is 5.39. The highest BCUT2D eigenvalue weighted by molar-refractivity contribution is 5.19. The van der Waals surface area contributed by atoms with E-state index >= 15 is 0 Å². The summed E-state index contributed by atoms with van der Waals surface area (Å²) < 4.78 is 0. The van der Waals surface area contributed by atoms with Gasteiger partial charge in [0.1, 0.15) is 0 Å². The van der Waals surface area contributed by atoms with Crippen LogP contribution < -0.4 is 5.73 Å². The second kappa shape index (κ2) is 5.78. The first kappa shape index (κ1) is 12.1. The number of nitrogens with zero attached hydrogens (tertiary/aromatic N) is 3. The quantitative estimate of drug-likeness (QED) is 0.780. The number of hydrogen-bond acceptors (Lipinski definition) is 4. The maximum atomic E-state index is 5.56. The minimum atomic E-state index is 0.699. The van der Waals surface area contributed by atoms with Crippen LogP contribution in [0.2, 0.25) is 0 Å². The van der Waals surface area contributed by atoms with Crippen LogP contribution in [0.1, 0.15) is 23.9 Å². The molecule has 15 heavy (non-hydrogen) atoms. The summed E-state index contributed by atoms with van der Waals surface area (Å²) in [5, 5.41) is 8.14. The lowest BCUT2D eigenvalue weighted by Crippen LogP contribution is -2.29.